The van der Waals surface area contributed by atoms with Crippen molar-refractivity contribution in [2.24, 2.45) is 22.4 Å². The minimum absolute atomic E-state index is 0.377. The molecule has 5 N–H and O–H groups in total. The summed E-state index contributed by atoms with van der Waals surface area (Å²) in [6.45, 7) is 0. The molecule has 3 rings (SSSR count). The van der Waals surface area contributed by atoms with Gasteiger partial charge in [0.05, 0.1) is 12.5 Å². The number of hydrogen-bond acceptors (Lipinski definition) is 5. The van der Waals surface area contributed by atoms with E-state index in [1.807, 2.05) is 6.07 Å². The van der Waals surface area contributed by atoms with Crippen molar-refractivity contribution in [1.29, 1.82) is 0 Å². The van der Waals surface area contributed by atoms with E-state index >= 15 is 0 Å². The van der Waals surface area contributed by atoms with E-state index in [0.717, 1.165) is 24.0 Å². The monoisotopic (exact) mass is 218 g/mol. The average molecular weight is 218 g/mol. The lowest BCUT2D eigenvalue weighted by atomic mass is 9.90. The zero-order valence-corrected chi connectivity index (χ0v) is 8.81. The van der Waals surface area contributed by atoms with Crippen LogP contribution in [0.4, 0.5) is 0 Å². The third-order valence-corrected chi connectivity index (χ3v) is 3.17. The Balaban J connectivity index is 2.05. The fourth-order valence-electron chi connectivity index (χ4n) is 2.14. The minimum Gasteiger partial charge on any atom is -0.472 e. The summed E-state index contributed by atoms with van der Waals surface area (Å²) >= 11 is 0. The third kappa shape index (κ3) is 1.32. The van der Waals surface area contributed by atoms with Gasteiger partial charge in [-0.15, -0.1) is 0 Å². The van der Waals surface area contributed by atoms with Gasteiger partial charge in [0.15, 0.2) is 5.96 Å². The predicted octanol–water partition coefficient (Wildman–Crippen LogP) is 0.603. The van der Waals surface area contributed by atoms with Crippen LogP contribution in [0.25, 0.3) is 5.57 Å². The second-order valence-corrected chi connectivity index (χ2v) is 4.34. The molecule has 1 aromatic heterocycles. The molecule has 1 aliphatic carbocycles. The first-order valence-corrected chi connectivity index (χ1v) is 5.34. The normalized spacial score (nSPS) is 29.3. The Kier molecular flexibility index (Phi) is 1.85. The largest absolute Gasteiger partial charge is 0.472 e. The number of rotatable bonds is 2. The summed E-state index contributed by atoms with van der Waals surface area (Å²) in [5.41, 5.74) is 13.4. The number of nitrogens with one attached hydrogen (secondary N) is 1. The first-order valence-electron chi connectivity index (χ1n) is 5.34. The Morgan fingerprint density at radius 3 is 2.94 bits per heavy atom. The topological polar surface area (TPSA) is 89.6 Å². The van der Waals surface area contributed by atoms with Gasteiger partial charge in [-0.05, 0) is 24.8 Å². The zero-order chi connectivity index (χ0) is 11.2. The highest BCUT2D eigenvalue weighted by Crippen LogP contribution is 2.44. The van der Waals surface area contributed by atoms with Crippen molar-refractivity contribution in [3.05, 3.63) is 30.4 Å². The predicted molar refractivity (Wildman–Crippen MR) is 61.1 cm³/mol. The van der Waals surface area contributed by atoms with Crippen molar-refractivity contribution in [3.8, 4) is 0 Å². The molecular formula is C11H14N4O. The van der Waals surface area contributed by atoms with Crippen molar-refractivity contribution in [1.82, 2.24) is 5.32 Å². The SMILES string of the molecule is NC1=NC=C(c2ccoc2)C(N)(C2CC2)N1. The van der Waals surface area contributed by atoms with E-state index in [2.05, 4.69) is 10.3 Å². The quantitative estimate of drug-likeness (QED) is 0.678. The zero-order valence-electron chi connectivity index (χ0n) is 8.81. The van der Waals surface area contributed by atoms with Crippen LogP contribution in [0.5, 0.6) is 0 Å². The second kappa shape index (κ2) is 3.12. The molecule has 1 aromatic rings. The molecule has 1 saturated carbocycles. The van der Waals surface area contributed by atoms with Crippen LogP contribution in [0, 0.1) is 5.92 Å². The number of nitrogens with two attached hydrogens (primary N) is 2. The molecule has 0 spiro atoms. The van der Waals surface area contributed by atoms with E-state index in [0.29, 0.717) is 11.9 Å². The number of nitrogens with zero attached hydrogens (tertiary/aromatic N) is 1. The average Bonchev–Trinajstić information content (AvgIpc) is 2.98. The highest BCUT2D eigenvalue weighted by molar-refractivity contribution is 5.88. The van der Waals surface area contributed by atoms with Crippen LogP contribution in [0.15, 0.2) is 34.2 Å². The lowest BCUT2D eigenvalue weighted by molar-refractivity contribution is 0.439. The Morgan fingerprint density at radius 2 is 2.31 bits per heavy atom. The van der Waals surface area contributed by atoms with Crippen LogP contribution in [-0.2, 0) is 0 Å². The highest BCUT2D eigenvalue weighted by atomic mass is 16.3. The molecule has 84 valence electrons. The summed E-state index contributed by atoms with van der Waals surface area (Å²) in [4.78, 5) is 4.07. The third-order valence-electron chi connectivity index (χ3n) is 3.17. The Bertz CT molecular complexity index is 458. The van der Waals surface area contributed by atoms with Gasteiger partial charge >= 0.3 is 0 Å². The molecule has 0 aromatic carbocycles. The molecule has 5 heteroatoms. The highest BCUT2D eigenvalue weighted by Gasteiger charge is 2.47. The maximum Gasteiger partial charge on any atom is 0.194 e. The van der Waals surface area contributed by atoms with E-state index < -0.39 is 5.66 Å². The van der Waals surface area contributed by atoms with E-state index in [1.54, 1.807) is 18.7 Å². The lowest BCUT2D eigenvalue weighted by Crippen LogP contribution is -2.61. The molecule has 0 amide bonds. The molecule has 1 aliphatic heterocycles. The van der Waals surface area contributed by atoms with Crippen molar-refractivity contribution in [3.63, 3.8) is 0 Å². The van der Waals surface area contributed by atoms with Gasteiger partial charge in [-0.1, -0.05) is 0 Å². The van der Waals surface area contributed by atoms with Crippen molar-refractivity contribution in [2.75, 3.05) is 0 Å². The van der Waals surface area contributed by atoms with Crippen molar-refractivity contribution >= 4 is 11.5 Å². The Hall–Kier alpha value is -1.75. The van der Waals surface area contributed by atoms with Gasteiger partial charge in [-0.2, -0.15) is 0 Å². The Morgan fingerprint density at radius 1 is 1.50 bits per heavy atom. The van der Waals surface area contributed by atoms with Gasteiger partial charge in [-0.25, -0.2) is 4.99 Å². The van der Waals surface area contributed by atoms with Gasteiger partial charge in [-0.3, -0.25) is 0 Å². The molecule has 5 nitrogen and oxygen atoms in total. The summed E-state index contributed by atoms with van der Waals surface area (Å²) in [5.74, 6) is 0.796. The van der Waals surface area contributed by atoms with E-state index in [1.165, 1.54) is 0 Å². The van der Waals surface area contributed by atoms with Gasteiger partial charge in [0.2, 0.25) is 0 Å². The summed E-state index contributed by atoms with van der Waals surface area (Å²) < 4.78 is 5.08. The Labute approximate surface area is 93.2 Å². The number of aliphatic imine (C=N–C) groups is 1. The van der Waals surface area contributed by atoms with E-state index in [-0.39, 0.29) is 0 Å². The van der Waals surface area contributed by atoms with Crippen LogP contribution in [0.3, 0.4) is 0 Å². The van der Waals surface area contributed by atoms with Crippen LogP contribution in [0.1, 0.15) is 18.4 Å². The molecule has 0 bridgehead atoms. The molecule has 1 unspecified atom stereocenters. The first-order chi connectivity index (χ1) is 7.70. The molecule has 1 fully saturated rings. The van der Waals surface area contributed by atoms with Gasteiger partial charge in [0, 0.05) is 17.3 Å². The maximum absolute atomic E-state index is 6.41. The van der Waals surface area contributed by atoms with Crippen LogP contribution >= 0.6 is 0 Å². The summed E-state index contributed by atoms with van der Waals surface area (Å²) in [5, 5.41) is 3.09. The molecular weight excluding hydrogens is 204 g/mol. The fraction of sp³-hybridized carbons (Fsp3) is 0.364. The molecule has 2 heterocycles. The molecule has 0 saturated heterocycles. The lowest BCUT2D eigenvalue weighted by Gasteiger charge is -2.35. The van der Waals surface area contributed by atoms with Crippen LogP contribution < -0.4 is 16.8 Å². The van der Waals surface area contributed by atoms with E-state index in [4.69, 9.17) is 15.9 Å². The summed E-state index contributed by atoms with van der Waals surface area (Å²) in [6, 6.07) is 1.88. The summed E-state index contributed by atoms with van der Waals surface area (Å²) in [6.07, 6.45) is 7.27. The molecule has 1 atom stereocenters. The van der Waals surface area contributed by atoms with Gasteiger partial charge < -0.3 is 21.2 Å². The van der Waals surface area contributed by atoms with Crippen LogP contribution in [0.2, 0.25) is 0 Å². The smallest absolute Gasteiger partial charge is 0.194 e. The molecule has 0 radical (unpaired) electrons. The maximum atomic E-state index is 6.41. The number of hydrogen-bond donors (Lipinski definition) is 3. The first kappa shape index (κ1) is 9.47. The number of guanidine groups is 1. The molecule has 2 aliphatic rings. The second-order valence-electron chi connectivity index (χ2n) is 4.34. The number of furan rings is 1. The summed E-state index contributed by atoms with van der Waals surface area (Å²) in [7, 11) is 0. The standard InChI is InChI=1S/C11H14N4O/c12-10-14-5-9(7-3-4-16-6-7)11(13,15-10)8-1-2-8/h3-6,8H,1-2,13H2,(H3,12,14,15). The van der Waals surface area contributed by atoms with Gasteiger partial charge in [0.25, 0.3) is 0 Å². The van der Waals surface area contributed by atoms with Crippen molar-refractivity contribution in [2.45, 2.75) is 18.5 Å². The molecule has 16 heavy (non-hydrogen) atoms. The minimum atomic E-state index is -0.601. The fourth-order valence-corrected chi connectivity index (χ4v) is 2.14. The van der Waals surface area contributed by atoms with Gasteiger partial charge in [0.1, 0.15) is 5.66 Å². The van der Waals surface area contributed by atoms with Crippen LogP contribution in [-0.4, -0.2) is 11.6 Å². The van der Waals surface area contributed by atoms with E-state index in [9.17, 15) is 0 Å². The van der Waals surface area contributed by atoms with Crippen molar-refractivity contribution < 1.29 is 4.42 Å².